The molecular weight excluding hydrogens is 759 g/mol. The number of alkyl halides is 6. The van der Waals surface area contributed by atoms with Gasteiger partial charge in [0, 0.05) is 59.9 Å². The van der Waals surface area contributed by atoms with E-state index in [4.69, 9.17) is 0 Å². The van der Waals surface area contributed by atoms with Crippen LogP contribution in [0.1, 0.15) is 69.6 Å². The molecule has 4 aromatic rings. The van der Waals surface area contributed by atoms with Gasteiger partial charge < -0.3 is 19.6 Å². The Kier molecular flexibility index (Phi) is 11.6. The summed E-state index contributed by atoms with van der Waals surface area (Å²) < 4.78 is 76.3. The molecule has 0 aliphatic carbocycles. The molecule has 55 heavy (non-hydrogen) atoms. The van der Waals surface area contributed by atoms with Crippen LogP contribution in [0.4, 0.5) is 38.0 Å². The van der Waals surface area contributed by atoms with Gasteiger partial charge in [0.1, 0.15) is 34.0 Å². The second-order valence-corrected chi connectivity index (χ2v) is 19.3. The SMILES string of the molecule is CC(C)CN1CCC2(CC1)CN(c1ncnc3sc(CC(F)(F)F)cc13)C2.CCC(C)CN1CCC2(CC1)CN(c1ncnc3sc(CC(F)(F)F)cc13)C2. The summed E-state index contributed by atoms with van der Waals surface area (Å²) in [5, 5.41) is 1.52. The van der Waals surface area contributed by atoms with Crippen molar-refractivity contribution in [3.05, 3.63) is 34.5 Å². The highest BCUT2D eigenvalue weighted by atomic mass is 32.1. The molecule has 0 radical (unpaired) electrons. The first-order valence-electron chi connectivity index (χ1n) is 19.5. The number of hydrogen-bond acceptors (Lipinski definition) is 10. The summed E-state index contributed by atoms with van der Waals surface area (Å²) in [5.74, 6) is 3.02. The lowest BCUT2D eigenvalue weighted by Crippen LogP contribution is -2.61. The van der Waals surface area contributed by atoms with E-state index >= 15 is 0 Å². The van der Waals surface area contributed by atoms with Gasteiger partial charge in [-0.25, -0.2) is 19.9 Å². The van der Waals surface area contributed by atoms with Gasteiger partial charge in [-0.1, -0.05) is 34.1 Å². The Bertz CT molecular complexity index is 1890. The number of likely N-dealkylation sites (tertiary alicyclic amines) is 2. The highest BCUT2D eigenvalue weighted by Crippen LogP contribution is 2.46. The minimum absolute atomic E-state index is 0.302. The van der Waals surface area contributed by atoms with Gasteiger partial charge in [-0.05, 0) is 75.8 Å². The minimum Gasteiger partial charge on any atom is -0.355 e. The van der Waals surface area contributed by atoms with Crippen molar-refractivity contribution in [2.75, 3.05) is 75.2 Å². The molecule has 4 aromatic heterocycles. The van der Waals surface area contributed by atoms with Crippen LogP contribution < -0.4 is 9.80 Å². The summed E-state index contributed by atoms with van der Waals surface area (Å²) in [6.45, 7) is 19.7. The molecule has 8 nitrogen and oxygen atoms in total. The molecule has 0 saturated carbocycles. The Labute approximate surface area is 327 Å². The number of halogens is 6. The summed E-state index contributed by atoms with van der Waals surface area (Å²) >= 11 is 2.24. The average Bonchev–Trinajstić information content (AvgIpc) is 3.68. The number of hydrogen-bond donors (Lipinski definition) is 0. The van der Waals surface area contributed by atoms with Crippen LogP contribution in [0.3, 0.4) is 0 Å². The van der Waals surface area contributed by atoms with Crippen molar-refractivity contribution in [3.63, 3.8) is 0 Å². The molecule has 4 saturated heterocycles. The Morgan fingerprint density at radius 3 is 1.40 bits per heavy atom. The van der Waals surface area contributed by atoms with Gasteiger partial charge in [-0.3, -0.25) is 0 Å². The number of piperidine rings is 2. The van der Waals surface area contributed by atoms with Crippen molar-refractivity contribution >= 4 is 54.7 Å². The van der Waals surface area contributed by atoms with E-state index in [0.29, 0.717) is 36.2 Å². The van der Waals surface area contributed by atoms with Gasteiger partial charge in [-0.15, -0.1) is 22.7 Å². The van der Waals surface area contributed by atoms with Gasteiger partial charge in [0.2, 0.25) is 0 Å². The number of rotatable bonds is 9. The van der Waals surface area contributed by atoms with Gasteiger partial charge in [0.15, 0.2) is 0 Å². The zero-order chi connectivity index (χ0) is 39.2. The number of nitrogens with zero attached hydrogens (tertiary/aromatic N) is 8. The monoisotopic (exact) mass is 810 g/mol. The number of thiophene rings is 2. The third-order valence-electron chi connectivity index (χ3n) is 11.9. The first kappa shape index (κ1) is 40.4. The molecule has 0 aromatic carbocycles. The molecule has 0 amide bonds. The van der Waals surface area contributed by atoms with Crippen LogP contribution in [0.5, 0.6) is 0 Å². The zero-order valence-corrected chi connectivity index (χ0v) is 33.8. The van der Waals surface area contributed by atoms with Crippen molar-refractivity contribution in [2.24, 2.45) is 22.7 Å². The minimum atomic E-state index is -4.20. The van der Waals surface area contributed by atoms with Gasteiger partial charge in [-0.2, -0.15) is 26.3 Å². The summed E-state index contributed by atoms with van der Waals surface area (Å²) in [6, 6.07) is 3.25. The summed E-state index contributed by atoms with van der Waals surface area (Å²) in [7, 11) is 0. The van der Waals surface area contributed by atoms with Gasteiger partial charge >= 0.3 is 12.4 Å². The van der Waals surface area contributed by atoms with Crippen molar-refractivity contribution in [3.8, 4) is 0 Å². The Balaban J connectivity index is 0.000000169. The number of fused-ring (bicyclic) bond motifs is 2. The lowest BCUT2D eigenvalue weighted by molar-refractivity contribution is -0.127. The van der Waals surface area contributed by atoms with Crippen LogP contribution in [0.2, 0.25) is 0 Å². The molecule has 16 heteroatoms. The van der Waals surface area contributed by atoms with Crippen molar-refractivity contribution < 1.29 is 26.3 Å². The molecule has 4 aliphatic heterocycles. The second-order valence-electron chi connectivity index (χ2n) is 17.1. The fourth-order valence-electron chi connectivity index (χ4n) is 8.82. The lowest BCUT2D eigenvalue weighted by Gasteiger charge is -2.54. The normalized spacial score (nSPS) is 20.9. The molecule has 8 heterocycles. The maximum Gasteiger partial charge on any atom is 0.393 e. The van der Waals surface area contributed by atoms with Crippen molar-refractivity contribution in [2.45, 2.75) is 85.0 Å². The standard InChI is InChI=1S/C20H27F3N4S.C19H25F3N4S/c1-3-14(2)10-26-6-4-19(5-7-26)11-27(12-19)17-16-8-15(9-20(21,22)23)28-18(16)25-13-24-17;1-13(2)9-25-5-3-18(4-6-25)10-26(11-18)16-15-7-14(8-19(20,21)22)27-17(15)24-12-23-16/h8,13-14H,3-7,9-12H2,1-2H3;7,12-13H,3-6,8-11H2,1-2H3. The van der Waals surface area contributed by atoms with E-state index in [-0.39, 0.29) is 0 Å². The maximum atomic E-state index is 12.7. The first-order chi connectivity index (χ1) is 26.0. The molecular formula is C39H52F6N8S2. The largest absolute Gasteiger partial charge is 0.393 e. The highest BCUT2D eigenvalue weighted by Gasteiger charge is 2.47. The topological polar surface area (TPSA) is 64.5 Å². The summed E-state index contributed by atoms with van der Waals surface area (Å²) in [5.41, 5.74) is 0.684. The molecule has 0 bridgehead atoms. The zero-order valence-electron chi connectivity index (χ0n) is 32.1. The maximum absolute atomic E-state index is 12.7. The molecule has 8 rings (SSSR count). The second kappa shape index (κ2) is 15.8. The quantitative estimate of drug-likeness (QED) is 0.155. The summed E-state index contributed by atoms with van der Waals surface area (Å²) in [4.78, 5) is 28.6. The smallest absolute Gasteiger partial charge is 0.355 e. The Hall–Kier alpha value is -2.82. The van der Waals surface area contributed by atoms with E-state index in [2.05, 4.69) is 67.2 Å². The third kappa shape index (κ3) is 9.66. The predicted molar refractivity (Wildman–Crippen MR) is 209 cm³/mol. The van der Waals surface area contributed by atoms with Crippen molar-refractivity contribution in [1.82, 2.24) is 29.7 Å². The van der Waals surface area contributed by atoms with Crippen LogP contribution in [-0.2, 0) is 12.8 Å². The highest BCUT2D eigenvalue weighted by molar-refractivity contribution is 7.19. The van der Waals surface area contributed by atoms with Crippen LogP contribution in [0, 0.1) is 22.7 Å². The van der Waals surface area contributed by atoms with E-state index in [1.807, 2.05) is 0 Å². The average molecular weight is 811 g/mol. The van der Waals surface area contributed by atoms with Crippen LogP contribution >= 0.6 is 22.7 Å². The number of aromatic nitrogens is 4. The summed E-state index contributed by atoms with van der Waals surface area (Å²) in [6.07, 6.45) is -1.26. The molecule has 302 valence electrons. The molecule has 4 fully saturated rings. The predicted octanol–water partition coefficient (Wildman–Crippen LogP) is 9.10. The van der Waals surface area contributed by atoms with E-state index in [1.165, 1.54) is 51.3 Å². The van der Waals surface area contributed by atoms with Crippen LogP contribution in [-0.4, -0.2) is 108 Å². The molecule has 4 aliphatic rings. The number of anilines is 2. The fourth-order valence-corrected chi connectivity index (χ4v) is 10.9. The Morgan fingerprint density at radius 1 is 0.636 bits per heavy atom. The van der Waals surface area contributed by atoms with E-state index in [9.17, 15) is 26.3 Å². The molecule has 1 unspecified atom stereocenters. The fraction of sp³-hybridized carbons (Fsp3) is 0.692. The Morgan fingerprint density at radius 2 is 1.04 bits per heavy atom. The van der Waals surface area contributed by atoms with E-state index in [0.717, 1.165) is 110 Å². The van der Waals surface area contributed by atoms with Crippen LogP contribution in [0.25, 0.3) is 20.4 Å². The van der Waals surface area contributed by atoms with Crippen molar-refractivity contribution in [1.29, 1.82) is 0 Å². The lowest BCUT2D eigenvalue weighted by atomic mass is 9.72. The molecule has 2 spiro atoms. The van der Waals surface area contributed by atoms with E-state index in [1.54, 1.807) is 12.1 Å². The molecule has 0 N–H and O–H groups in total. The first-order valence-corrected chi connectivity index (χ1v) is 21.2. The third-order valence-corrected chi connectivity index (χ3v) is 14.0. The van der Waals surface area contributed by atoms with Gasteiger partial charge in [0.25, 0.3) is 0 Å². The van der Waals surface area contributed by atoms with Crippen LogP contribution in [0.15, 0.2) is 24.8 Å². The van der Waals surface area contributed by atoms with Gasteiger partial charge in [0.05, 0.1) is 23.6 Å². The molecule has 1 atom stereocenters. The van der Waals surface area contributed by atoms with E-state index < -0.39 is 25.2 Å².